The molecule has 0 amide bonds. The molecule has 4 aliphatic rings. The lowest BCUT2D eigenvalue weighted by Crippen LogP contribution is -2.65. The van der Waals surface area contributed by atoms with E-state index in [0.717, 1.165) is 0 Å². The van der Waals surface area contributed by atoms with E-state index < -0.39 is 41.1 Å². The van der Waals surface area contributed by atoms with E-state index in [2.05, 4.69) is 13.8 Å². The molecule has 7 nitrogen and oxygen atoms in total. The van der Waals surface area contributed by atoms with Gasteiger partial charge in [-0.1, -0.05) is 69.3 Å². The fourth-order valence-electron chi connectivity index (χ4n) is 8.14. The van der Waals surface area contributed by atoms with Crippen molar-refractivity contribution in [2.75, 3.05) is 6.61 Å². The van der Waals surface area contributed by atoms with E-state index in [-0.39, 0.29) is 41.1 Å². The number of Topliss-reactive ketones (excluding diaryl/α,β-unsaturated/α-hetero) is 1. The minimum atomic E-state index is -2.20. The zero-order chi connectivity index (χ0) is 29.3. The predicted octanol–water partition coefficient (Wildman–Crippen LogP) is 4.54. The van der Waals surface area contributed by atoms with Crippen LogP contribution >= 0.6 is 0 Å². The van der Waals surface area contributed by atoms with Crippen molar-refractivity contribution >= 4 is 17.7 Å². The van der Waals surface area contributed by atoms with E-state index in [1.165, 1.54) is 0 Å². The Morgan fingerprint density at radius 3 is 2.17 bits per heavy atom. The van der Waals surface area contributed by atoms with E-state index >= 15 is 0 Å². The molecule has 6 rings (SSSR count). The average molecular weight is 557 g/mol. The van der Waals surface area contributed by atoms with Gasteiger partial charge in [-0.3, -0.25) is 4.79 Å². The Kier molecular flexibility index (Phi) is 6.40. The molecule has 2 bridgehead atoms. The highest BCUT2D eigenvalue weighted by Crippen LogP contribution is 2.71. The lowest BCUT2D eigenvalue weighted by atomic mass is 9.59. The lowest BCUT2D eigenvalue weighted by Gasteiger charge is -2.48. The first-order chi connectivity index (χ1) is 19.4. The van der Waals surface area contributed by atoms with Gasteiger partial charge in [0.25, 0.3) is 0 Å². The number of aliphatic hydroxyl groups excluding tert-OH is 1. The highest BCUT2D eigenvalue weighted by Gasteiger charge is 2.76. The molecular formula is C34H36O7. The second kappa shape index (κ2) is 9.50. The molecule has 7 heteroatoms. The number of aliphatic hydroxyl groups is 2. The van der Waals surface area contributed by atoms with E-state index in [4.69, 9.17) is 9.47 Å². The maximum Gasteiger partial charge on any atom is 0.338 e. The highest BCUT2D eigenvalue weighted by molar-refractivity contribution is 5.96. The van der Waals surface area contributed by atoms with Gasteiger partial charge in [0.1, 0.15) is 12.7 Å². The molecule has 0 aromatic heterocycles. The van der Waals surface area contributed by atoms with Crippen LogP contribution < -0.4 is 0 Å². The Morgan fingerprint density at radius 2 is 1.56 bits per heavy atom. The van der Waals surface area contributed by atoms with Crippen molar-refractivity contribution in [2.45, 2.75) is 51.9 Å². The summed E-state index contributed by atoms with van der Waals surface area (Å²) in [5.41, 5.74) is -2.40. The molecule has 0 unspecified atom stereocenters. The van der Waals surface area contributed by atoms with Gasteiger partial charge < -0.3 is 19.7 Å². The normalized spacial score (nSPS) is 36.5. The van der Waals surface area contributed by atoms with Crippen LogP contribution in [-0.2, 0) is 14.3 Å². The van der Waals surface area contributed by atoms with E-state index in [0.29, 0.717) is 23.1 Å². The van der Waals surface area contributed by atoms with Gasteiger partial charge in [-0.25, -0.2) is 9.59 Å². The fraction of sp³-hybridized carbons (Fsp3) is 0.441. The Balaban J connectivity index is 1.43. The lowest BCUT2D eigenvalue weighted by molar-refractivity contribution is -0.190. The molecular weight excluding hydrogens is 520 g/mol. The Bertz CT molecular complexity index is 1460. The van der Waals surface area contributed by atoms with E-state index in [1.54, 1.807) is 79.7 Å². The molecule has 41 heavy (non-hydrogen) atoms. The van der Waals surface area contributed by atoms with Gasteiger partial charge in [0, 0.05) is 5.92 Å². The summed E-state index contributed by atoms with van der Waals surface area (Å²) in [7, 11) is 0. The summed E-state index contributed by atoms with van der Waals surface area (Å²) >= 11 is 0. The summed E-state index contributed by atoms with van der Waals surface area (Å²) in [5, 5.41) is 24.8. The van der Waals surface area contributed by atoms with Crippen LogP contribution in [-0.4, -0.2) is 52.4 Å². The molecule has 0 saturated heterocycles. The third-order valence-corrected chi connectivity index (χ3v) is 10.3. The third-order valence-electron chi connectivity index (χ3n) is 10.3. The predicted molar refractivity (Wildman–Crippen MR) is 151 cm³/mol. The van der Waals surface area contributed by atoms with Gasteiger partial charge in [0.15, 0.2) is 17.5 Å². The molecule has 2 aromatic rings. The first-order valence-electron chi connectivity index (χ1n) is 14.3. The molecule has 2 aromatic carbocycles. The minimum absolute atomic E-state index is 0.0193. The number of rotatable bonds is 5. The maximum absolute atomic E-state index is 14.7. The summed E-state index contributed by atoms with van der Waals surface area (Å²) in [6.07, 6.45) is 1.22. The standard InChI is InChI=1S/C34H36O7/c1-19-17-33-20(2)15-25-26(32(25,3)4)24(28(33)36)16-23(18-40-30(37)21-11-7-5-8-12-21)27(35)34(33,39)29(19)41-31(38)22-13-9-6-10-14-22/h5-14,16-17,20,24-27,29,35,39H,15,18H2,1-4H3/t20-,24-,25-,26+,27-,29+,33+,34-/m1/s1. The van der Waals surface area contributed by atoms with E-state index in [1.807, 2.05) is 6.92 Å². The largest absolute Gasteiger partial charge is 0.457 e. The van der Waals surface area contributed by atoms with Gasteiger partial charge in [0.05, 0.1) is 16.5 Å². The number of hydrogen-bond donors (Lipinski definition) is 2. The maximum atomic E-state index is 14.7. The van der Waals surface area contributed by atoms with Crippen molar-refractivity contribution in [3.8, 4) is 0 Å². The first-order valence-corrected chi connectivity index (χ1v) is 14.3. The average Bonchev–Trinajstić information content (AvgIpc) is 3.46. The van der Waals surface area contributed by atoms with Crippen LogP contribution in [0.3, 0.4) is 0 Å². The number of benzene rings is 2. The molecule has 0 radical (unpaired) electrons. The van der Waals surface area contributed by atoms with Crippen LogP contribution in [0.15, 0.2) is 84.0 Å². The number of esters is 2. The fourth-order valence-corrected chi connectivity index (χ4v) is 8.14. The van der Waals surface area contributed by atoms with Crippen molar-refractivity contribution in [1.82, 2.24) is 0 Å². The molecule has 1 spiro atoms. The van der Waals surface area contributed by atoms with Crippen molar-refractivity contribution in [3.05, 3.63) is 95.1 Å². The first kappa shape index (κ1) is 27.6. The summed E-state index contributed by atoms with van der Waals surface area (Å²) in [5.74, 6) is -2.11. The van der Waals surface area contributed by atoms with Crippen molar-refractivity contribution in [3.63, 3.8) is 0 Å². The van der Waals surface area contributed by atoms with Gasteiger partial charge in [0.2, 0.25) is 0 Å². The van der Waals surface area contributed by atoms with Gasteiger partial charge >= 0.3 is 11.9 Å². The molecule has 214 valence electrons. The molecule has 2 fully saturated rings. The monoisotopic (exact) mass is 556 g/mol. The summed E-state index contributed by atoms with van der Waals surface area (Å²) < 4.78 is 11.6. The zero-order valence-electron chi connectivity index (χ0n) is 23.7. The smallest absolute Gasteiger partial charge is 0.338 e. The minimum Gasteiger partial charge on any atom is -0.457 e. The van der Waals surface area contributed by atoms with Crippen LogP contribution in [0, 0.1) is 34.5 Å². The summed E-state index contributed by atoms with van der Waals surface area (Å²) in [4.78, 5) is 40.8. The van der Waals surface area contributed by atoms with Crippen molar-refractivity contribution < 1.29 is 34.1 Å². The van der Waals surface area contributed by atoms with Gasteiger partial charge in [-0.05, 0) is 71.9 Å². The third kappa shape index (κ3) is 3.89. The number of carbonyl (C=O) groups excluding carboxylic acids is 3. The van der Waals surface area contributed by atoms with E-state index in [9.17, 15) is 24.6 Å². The second-order valence-corrected chi connectivity index (χ2v) is 12.8. The van der Waals surface area contributed by atoms with Gasteiger partial charge in [-0.15, -0.1) is 0 Å². The number of carbonyl (C=O) groups is 3. The van der Waals surface area contributed by atoms with Crippen molar-refractivity contribution in [1.29, 1.82) is 0 Å². The Labute approximate surface area is 239 Å². The summed E-state index contributed by atoms with van der Waals surface area (Å²) in [6, 6.07) is 16.9. The molecule has 2 N–H and O–H groups in total. The number of ketones is 1. The number of hydrogen-bond acceptors (Lipinski definition) is 7. The topological polar surface area (TPSA) is 110 Å². The molecule has 0 aliphatic heterocycles. The molecule has 0 heterocycles. The van der Waals surface area contributed by atoms with Gasteiger partial charge in [-0.2, -0.15) is 0 Å². The van der Waals surface area contributed by atoms with Crippen LogP contribution in [0.1, 0.15) is 54.8 Å². The zero-order valence-corrected chi connectivity index (χ0v) is 23.7. The Hall–Kier alpha value is -3.55. The number of ether oxygens (including phenoxy) is 2. The summed E-state index contributed by atoms with van der Waals surface area (Å²) in [6.45, 7) is 7.64. The molecule has 4 aliphatic carbocycles. The van der Waals surface area contributed by atoms with Crippen LogP contribution in [0.4, 0.5) is 0 Å². The molecule has 2 saturated carbocycles. The highest BCUT2D eigenvalue weighted by atomic mass is 16.6. The van der Waals surface area contributed by atoms with Crippen LogP contribution in [0.5, 0.6) is 0 Å². The second-order valence-electron chi connectivity index (χ2n) is 12.8. The number of fused-ring (bicyclic) bond motifs is 3. The molecule has 8 atom stereocenters. The van der Waals surface area contributed by atoms with Crippen molar-refractivity contribution in [2.24, 2.45) is 34.5 Å². The van der Waals surface area contributed by atoms with Crippen LogP contribution in [0.25, 0.3) is 0 Å². The number of allylic oxidation sites excluding steroid dienone is 1. The quantitative estimate of drug-likeness (QED) is 0.411. The van der Waals surface area contributed by atoms with Crippen LogP contribution in [0.2, 0.25) is 0 Å². The SMILES string of the molecule is CC1=C[C@]23C(=O)[C@H](C=C(COC(=O)c4ccccc4)[C@@H](O)[C@@]2(O)[C@H]1OC(=O)c1ccccc1)[C@H]1[C@@H](C[C@H]3C)C1(C)C. The Morgan fingerprint density at radius 1 is 0.976 bits per heavy atom.